The maximum absolute atomic E-state index is 12.1. The summed E-state index contributed by atoms with van der Waals surface area (Å²) in [5.41, 5.74) is 1.50. The molecule has 1 aromatic heterocycles. The Balaban J connectivity index is 2.20. The third-order valence-corrected chi connectivity index (χ3v) is 2.97. The molecular weight excluding hydrogens is 244 g/mol. The van der Waals surface area contributed by atoms with Crippen molar-refractivity contribution in [2.24, 2.45) is 0 Å². The molecule has 19 heavy (non-hydrogen) atoms. The van der Waals surface area contributed by atoms with E-state index in [0.29, 0.717) is 29.2 Å². The lowest BCUT2D eigenvalue weighted by atomic mass is 10.0. The molecule has 0 aliphatic rings. The first-order chi connectivity index (χ1) is 9.15. The van der Waals surface area contributed by atoms with Gasteiger partial charge >= 0.3 is 0 Å². The van der Waals surface area contributed by atoms with Crippen molar-refractivity contribution in [3.05, 3.63) is 47.4 Å². The first kappa shape index (κ1) is 13.2. The van der Waals surface area contributed by atoms with Crippen molar-refractivity contribution in [3.63, 3.8) is 0 Å². The Morgan fingerprint density at radius 3 is 2.47 bits per heavy atom. The van der Waals surface area contributed by atoms with E-state index in [1.54, 1.807) is 33.3 Å². The Bertz CT molecular complexity index is 584. The minimum atomic E-state index is 0.0264. The number of aryl methyl sites for hydroxylation is 1. The van der Waals surface area contributed by atoms with Gasteiger partial charge in [0, 0.05) is 6.42 Å². The molecule has 0 fully saturated rings. The lowest BCUT2D eigenvalue weighted by molar-refractivity contribution is 0.0991. The second kappa shape index (κ2) is 5.61. The number of Topliss-reactive ketones (excluding diaryl/α,β-unsaturated/α-hetero) is 1. The van der Waals surface area contributed by atoms with Crippen molar-refractivity contribution in [2.45, 2.75) is 13.3 Å². The molecule has 0 atom stereocenters. The summed E-state index contributed by atoms with van der Waals surface area (Å²) in [6, 6.07) is 7.16. The number of carbonyl (C=O) groups excluding carboxylic acids is 1. The number of ether oxygens (including phenoxy) is 2. The maximum atomic E-state index is 12.1. The summed E-state index contributed by atoms with van der Waals surface area (Å²) in [5, 5.41) is 0. The van der Waals surface area contributed by atoms with Crippen molar-refractivity contribution < 1.29 is 18.7 Å². The molecule has 0 aliphatic heterocycles. The number of rotatable bonds is 5. The number of furan rings is 1. The van der Waals surface area contributed by atoms with E-state index in [1.807, 2.05) is 12.1 Å². The van der Waals surface area contributed by atoms with E-state index < -0.39 is 0 Å². The minimum absolute atomic E-state index is 0.0264. The fourth-order valence-corrected chi connectivity index (χ4v) is 1.95. The monoisotopic (exact) mass is 260 g/mol. The molecule has 0 radical (unpaired) electrons. The van der Waals surface area contributed by atoms with Gasteiger partial charge in [-0.2, -0.15) is 0 Å². The van der Waals surface area contributed by atoms with Gasteiger partial charge in [-0.3, -0.25) is 4.79 Å². The van der Waals surface area contributed by atoms with Crippen LogP contribution in [0.2, 0.25) is 0 Å². The molecule has 2 rings (SSSR count). The van der Waals surface area contributed by atoms with E-state index in [-0.39, 0.29) is 5.78 Å². The highest BCUT2D eigenvalue weighted by atomic mass is 16.5. The molecular formula is C15H16O4. The largest absolute Gasteiger partial charge is 0.493 e. The molecule has 1 heterocycles. The summed E-state index contributed by atoms with van der Waals surface area (Å²) in [6.45, 7) is 1.78. The number of hydrogen-bond acceptors (Lipinski definition) is 4. The van der Waals surface area contributed by atoms with Crippen LogP contribution in [0.15, 0.2) is 34.9 Å². The van der Waals surface area contributed by atoms with Gasteiger partial charge in [0.25, 0.3) is 0 Å². The Morgan fingerprint density at radius 1 is 1.16 bits per heavy atom. The van der Waals surface area contributed by atoms with E-state index >= 15 is 0 Å². The Morgan fingerprint density at radius 2 is 1.89 bits per heavy atom. The first-order valence-electron chi connectivity index (χ1n) is 5.94. The number of carbonyl (C=O) groups is 1. The molecule has 2 aromatic rings. The van der Waals surface area contributed by atoms with Crippen molar-refractivity contribution in [3.8, 4) is 11.5 Å². The molecule has 0 saturated carbocycles. The van der Waals surface area contributed by atoms with Crippen LogP contribution in [0.4, 0.5) is 0 Å². The van der Waals surface area contributed by atoms with Crippen molar-refractivity contribution >= 4 is 5.78 Å². The van der Waals surface area contributed by atoms with E-state index in [2.05, 4.69) is 0 Å². The van der Waals surface area contributed by atoms with Crippen LogP contribution in [0.1, 0.15) is 21.7 Å². The van der Waals surface area contributed by atoms with Gasteiger partial charge in [0.05, 0.1) is 26.0 Å². The summed E-state index contributed by atoms with van der Waals surface area (Å²) >= 11 is 0. The Kier molecular flexibility index (Phi) is 3.90. The average molecular weight is 260 g/mol. The topological polar surface area (TPSA) is 48.7 Å². The SMILES string of the molecule is COc1ccc(CC(=O)c2ccoc2C)cc1OC. The number of hydrogen-bond donors (Lipinski definition) is 0. The fraction of sp³-hybridized carbons (Fsp3) is 0.267. The van der Waals surface area contributed by atoms with Crippen molar-refractivity contribution in [1.29, 1.82) is 0 Å². The number of ketones is 1. The molecule has 4 heteroatoms. The summed E-state index contributed by atoms with van der Waals surface area (Å²) in [7, 11) is 3.15. The van der Waals surface area contributed by atoms with Crippen molar-refractivity contribution in [2.75, 3.05) is 14.2 Å². The van der Waals surface area contributed by atoms with Gasteiger partial charge < -0.3 is 13.9 Å². The molecule has 0 aliphatic carbocycles. The van der Waals surface area contributed by atoms with Gasteiger partial charge in [0.15, 0.2) is 17.3 Å². The molecule has 0 N–H and O–H groups in total. The van der Waals surface area contributed by atoms with E-state index in [9.17, 15) is 4.79 Å². The van der Waals surface area contributed by atoms with Gasteiger partial charge in [-0.05, 0) is 30.7 Å². The minimum Gasteiger partial charge on any atom is -0.493 e. The highest BCUT2D eigenvalue weighted by Crippen LogP contribution is 2.28. The van der Waals surface area contributed by atoms with Crippen LogP contribution in [-0.2, 0) is 6.42 Å². The van der Waals surface area contributed by atoms with Gasteiger partial charge in [0.1, 0.15) is 5.76 Å². The van der Waals surface area contributed by atoms with Crippen molar-refractivity contribution in [1.82, 2.24) is 0 Å². The maximum Gasteiger partial charge on any atom is 0.170 e. The lowest BCUT2D eigenvalue weighted by Crippen LogP contribution is -2.04. The van der Waals surface area contributed by atoms with E-state index in [4.69, 9.17) is 13.9 Å². The van der Waals surface area contributed by atoms with Crippen LogP contribution in [0, 0.1) is 6.92 Å². The summed E-state index contributed by atoms with van der Waals surface area (Å²) < 4.78 is 15.5. The van der Waals surface area contributed by atoms with Gasteiger partial charge in [-0.1, -0.05) is 6.07 Å². The third kappa shape index (κ3) is 2.78. The quantitative estimate of drug-likeness (QED) is 0.775. The average Bonchev–Trinajstić information content (AvgIpc) is 2.85. The van der Waals surface area contributed by atoms with Gasteiger partial charge in [-0.15, -0.1) is 0 Å². The first-order valence-corrected chi connectivity index (χ1v) is 5.94. The third-order valence-electron chi connectivity index (χ3n) is 2.97. The number of methoxy groups -OCH3 is 2. The lowest BCUT2D eigenvalue weighted by Gasteiger charge is -2.09. The second-order valence-corrected chi connectivity index (χ2v) is 4.18. The highest BCUT2D eigenvalue weighted by Gasteiger charge is 2.13. The highest BCUT2D eigenvalue weighted by molar-refractivity contribution is 5.98. The van der Waals surface area contributed by atoms with E-state index in [0.717, 1.165) is 5.56 Å². The van der Waals surface area contributed by atoms with Gasteiger partial charge in [0.2, 0.25) is 0 Å². The molecule has 0 unspecified atom stereocenters. The van der Waals surface area contributed by atoms with Crippen LogP contribution >= 0.6 is 0 Å². The zero-order valence-electron chi connectivity index (χ0n) is 11.2. The van der Waals surface area contributed by atoms with Gasteiger partial charge in [-0.25, -0.2) is 0 Å². The summed E-state index contributed by atoms with van der Waals surface area (Å²) in [5.74, 6) is 1.94. The molecule has 0 bridgehead atoms. The number of benzene rings is 1. The Labute approximate surface area is 111 Å². The molecule has 100 valence electrons. The fourth-order valence-electron chi connectivity index (χ4n) is 1.95. The Hall–Kier alpha value is -2.23. The summed E-state index contributed by atoms with van der Waals surface area (Å²) in [4.78, 5) is 12.1. The normalized spacial score (nSPS) is 10.3. The summed E-state index contributed by atoms with van der Waals surface area (Å²) in [6.07, 6.45) is 1.83. The van der Waals surface area contributed by atoms with E-state index in [1.165, 1.54) is 6.26 Å². The zero-order valence-corrected chi connectivity index (χ0v) is 11.2. The predicted molar refractivity (Wildman–Crippen MR) is 71.0 cm³/mol. The molecule has 0 amide bonds. The molecule has 0 saturated heterocycles. The smallest absolute Gasteiger partial charge is 0.170 e. The van der Waals surface area contributed by atoms with Crippen LogP contribution in [0.5, 0.6) is 11.5 Å². The second-order valence-electron chi connectivity index (χ2n) is 4.18. The molecule has 4 nitrogen and oxygen atoms in total. The van der Waals surface area contributed by atoms with Crippen LogP contribution in [0.25, 0.3) is 0 Å². The zero-order chi connectivity index (χ0) is 13.8. The molecule has 1 aromatic carbocycles. The van der Waals surface area contributed by atoms with Crippen LogP contribution in [-0.4, -0.2) is 20.0 Å². The standard InChI is InChI=1S/C15H16O4/c1-10-12(6-7-19-10)13(16)8-11-4-5-14(17-2)15(9-11)18-3/h4-7,9H,8H2,1-3H3. The predicted octanol–water partition coefficient (Wildman–Crippen LogP) is 3.03. The molecule has 0 spiro atoms. The van der Waals surface area contributed by atoms with Crippen LogP contribution in [0.3, 0.4) is 0 Å². The van der Waals surface area contributed by atoms with Crippen LogP contribution < -0.4 is 9.47 Å².